The van der Waals surface area contributed by atoms with E-state index in [2.05, 4.69) is 49.5 Å². The van der Waals surface area contributed by atoms with Crippen LogP contribution < -0.4 is 20.8 Å². The van der Waals surface area contributed by atoms with Crippen LogP contribution >= 0.6 is 0 Å². The molecule has 0 atom stereocenters. The maximum Gasteiger partial charge on any atom is 0.220 e. The van der Waals surface area contributed by atoms with Crippen molar-refractivity contribution < 1.29 is 5.11 Å². The maximum absolute atomic E-state index is 10.6. The van der Waals surface area contributed by atoms with Crippen molar-refractivity contribution in [1.82, 2.24) is 14.5 Å². The molecule has 158 valence electrons. The number of nitrogens with zero attached hydrogens (tertiary/aromatic N) is 6. The molecule has 5 rings (SSSR count). The van der Waals surface area contributed by atoms with Crippen LogP contribution in [0.3, 0.4) is 0 Å². The smallest absolute Gasteiger partial charge is 0.220 e. The van der Waals surface area contributed by atoms with Gasteiger partial charge in [-0.25, -0.2) is 4.98 Å². The molecule has 1 fully saturated rings. The molecular weight excluding hydrogens is 390 g/mol. The molecule has 2 N–H and O–H groups in total. The fraction of sp³-hybridized carbons (Fsp3) is 0.261. The lowest BCUT2D eigenvalue weighted by Gasteiger charge is -2.34. The molecule has 0 unspecified atom stereocenters. The Morgan fingerprint density at radius 3 is 2.55 bits per heavy atom. The van der Waals surface area contributed by atoms with Gasteiger partial charge in [-0.1, -0.05) is 6.07 Å². The van der Waals surface area contributed by atoms with Crippen molar-refractivity contribution in [1.29, 1.82) is 0 Å². The van der Waals surface area contributed by atoms with Crippen LogP contribution in [0.4, 0.5) is 17.3 Å². The van der Waals surface area contributed by atoms with Crippen LogP contribution in [0.25, 0.3) is 6.08 Å². The Bertz CT molecular complexity index is 1250. The largest absolute Gasteiger partial charge is 0.493 e. The first kappa shape index (κ1) is 19.3. The quantitative estimate of drug-likeness (QED) is 0.674. The highest BCUT2D eigenvalue weighted by Gasteiger charge is 2.15. The first-order valence-electron chi connectivity index (χ1n) is 10.4. The average molecular weight is 416 g/mol. The van der Waals surface area contributed by atoms with Crippen LogP contribution in [0.5, 0.6) is 5.88 Å². The van der Waals surface area contributed by atoms with E-state index in [-0.39, 0.29) is 5.88 Å². The molecule has 2 aromatic carbocycles. The van der Waals surface area contributed by atoms with Crippen molar-refractivity contribution in [2.24, 2.45) is 17.3 Å². The second-order valence-corrected chi connectivity index (χ2v) is 7.97. The van der Waals surface area contributed by atoms with E-state index in [0.717, 1.165) is 48.0 Å². The molecule has 31 heavy (non-hydrogen) atoms. The van der Waals surface area contributed by atoms with Gasteiger partial charge in [-0.05, 0) is 54.7 Å². The summed E-state index contributed by atoms with van der Waals surface area (Å²) in [5.41, 5.74) is 3.61. The highest BCUT2D eigenvalue weighted by molar-refractivity contribution is 5.80. The first-order valence-corrected chi connectivity index (χ1v) is 10.4. The first-order chi connectivity index (χ1) is 15.1. The molecule has 0 aliphatic carbocycles. The fourth-order valence-corrected chi connectivity index (χ4v) is 3.84. The van der Waals surface area contributed by atoms with E-state index < -0.39 is 0 Å². The number of fused-ring (bicyclic) bond motifs is 1. The molecule has 2 aliphatic rings. The molecule has 0 amide bonds. The highest BCUT2D eigenvalue weighted by Crippen LogP contribution is 2.26. The number of anilines is 3. The van der Waals surface area contributed by atoms with Crippen LogP contribution in [0, 0.1) is 0 Å². The molecule has 3 aromatic rings. The zero-order chi connectivity index (χ0) is 21.4. The second kappa shape index (κ2) is 7.88. The molecule has 1 aromatic heterocycles. The van der Waals surface area contributed by atoms with Crippen LogP contribution in [0.2, 0.25) is 0 Å². The van der Waals surface area contributed by atoms with Gasteiger partial charge in [-0.15, -0.1) is 0 Å². The Labute approximate surface area is 180 Å². The molecule has 0 spiro atoms. The lowest BCUT2D eigenvalue weighted by atomic mass is 10.2. The average Bonchev–Trinajstić information content (AvgIpc) is 3.35. The van der Waals surface area contributed by atoms with Gasteiger partial charge in [0.2, 0.25) is 11.8 Å². The molecule has 0 saturated carbocycles. The minimum atomic E-state index is 0.107. The van der Waals surface area contributed by atoms with Gasteiger partial charge in [0.1, 0.15) is 5.69 Å². The molecule has 0 bridgehead atoms. The van der Waals surface area contributed by atoms with E-state index in [1.807, 2.05) is 36.4 Å². The van der Waals surface area contributed by atoms with Gasteiger partial charge < -0.3 is 20.2 Å². The van der Waals surface area contributed by atoms with Gasteiger partial charge in [0.15, 0.2) is 0 Å². The number of benzene rings is 2. The minimum absolute atomic E-state index is 0.107. The molecular formula is C23H25N7O. The summed E-state index contributed by atoms with van der Waals surface area (Å²) in [6, 6.07) is 14.2. The number of aromatic nitrogens is 2. The lowest BCUT2D eigenvalue weighted by Crippen LogP contribution is -2.44. The van der Waals surface area contributed by atoms with Crippen molar-refractivity contribution in [3.05, 3.63) is 64.3 Å². The predicted octanol–water partition coefficient (Wildman–Crippen LogP) is 1.42. The third-order valence-electron chi connectivity index (χ3n) is 5.80. The number of likely N-dealkylation sites (N-methyl/N-ethyl adjacent to an activating group) is 1. The molecule has 2 aliphatic heterocycles. The van der Waals surface area contributed by atoms with Gasteiger partial charge in [0.25, 0.3) is 0 Å². The van der Waals surface area contributed by atoms with Crippen LogP contribution in [-0.4, -0.2) is 59.0 Å². The van der Waals surface area contributed by atoms with E-state index in [4.69, 9.17) is 0 Å². The highest BCUT2D eigenvalue weighted by atomic mass is 16.3. The SMILES string of the molecule is CN1CCN(c2ccc(Nc3nc(/C=c4\ccc5c(c4)C=NN=5)c(O)n3C)cc2)CC1. The summed E-state index contributed by atoms with van der Waals surface area (Å²) in [6.07, 6.45) is 3.58. The van der Waals surface area contributed by atoms with Crippen molar-refractivity contribution in [3.63, 3.8) is 0 Å². The Kier molecular flexibility index (Phi) is 4.91. The summed E-state index contributed by atoms with van der Waals surface area (Å²) in [5.74, 6) is 0.684. The van der Waals surface area contributed by atoms with Crippen molar-refractivity contribution in [2.45, 2.75) is 0 Å². The molecule has 8 nitrogen and oxygen atoms in total. The van der Waals surface area contributed by atoms with Crippen LogP contribution in [-0.2, 0) is 7.05 Å². The number of hydrogen-bond donors (Lipinski definition) is 2. The van der Waals surface area contributed by atoms with E-state index in [1.54, 1.807) is 17.8 Å². The Morgan fingerprint density at radius 1 is 1.00 bits per heavy atom. The summed E-state index contributed by atoms with van der Waals surface area (Å²) >= 11 is 0. The van der Waals surface area contributed by atoms with Crippen molar-refractivity contribution in [2.75, 3.05) is 43.4 Å². The van der Waals surface area contributed by atoms with E-state index in [9.17, 15) is 5.11 Å². The van der Waals surface area contributed by atoms with Crippen LogP contribution in [0.15, 0.2) is 52.7 Å². The standard InChI is InChI=1S/C23H25N7O/c1-28-9-11-30(12-10-28)19-6-4-18(5-7-19)25-23-26-21(22(31)29(23)2)14-16-3-8-20-17(13-16)15-24-27-20/h3-8,13-15,31H,9-12H2,1-2H3,(H,25,26)/b16-14+. The number of aromatic hydroxyl groups is 1. The van der Waals surface area contributed by atoms with Crippen molar-refractivity contribution in [3.8, 4) is 5.88 Å². The van der Waals surface area contributed by atoms with Crippen molar-refractivity contribution >= 4 is 29.6 Å². The number of hydrogen-bond acceptors (Lipinski definition) is 7. The van der Waals surface area contributed by atoms with E-state index in [1.165, 1.54) is 5.69 Å². The third kappa shape index (κ3) is 3.89. The number of rotatable bonds is 4. The predicted molar refractivity (Wildman–Crippen MR) is 123 cm³/mol. The lowest BCUT2D eigenvalue weighted by molar-refractivity contribution is 0.313. The third-order valence-corrected chi connectivity index (χ3v) is 5.80. The summed E-state index contributed by atoms with van der Waals surface area (Å²) in [4.78, 5) is 9.34. The maximum atomic E-state index is 10.6. The number of nitrogens with one attached hydrogen (secondary N) is 1. The topological polar surface area (TPSA) is 81.3 Å². The molecule has 3 heterocycles. The Hall–Kier alpha value is -3.65. The molecule has 0 radical (unpaired) electrons. The van der Waals surface area contributed by atoms with Gasteiger partial charge in [0, 0.05) is 50.2 Å². The van der Waals surface area contributed by atoms with Gasteiger partial charge in [-0.2, -0.15) is 10.2 Å². The van der Waals surface area contributed by atoms with E-state index in [0.29, 0.717) is 11.6 Å². The van der Waals surface area contributed by atoms with E-state index >= 15 is 0 Å². The minimum Gasteiger partial charge on any atom is -0.493 e. The second-order valence-electron chi connectivity index (χ2n) is 7.97. The van der Waals surface area contributed by atoms with Gasteiger partial charge in [-0.3, -0.25) is 4.57 Å². The number of piperazine rings is 1. The summed E-state index contributed by atoms with van der Waals surface area (Å²) < 4.78 is 1.64. The summed E-state index contributed by atoms with van der Waals surface area (Å²) in [6.45, 7) is 4.24. The summed E-state index contributed by atoms with van der Waals surface area (Å²) in [7, 11) is 3.95. The molecule has 1 saturated heterocycles. The Morgan fingerprint density at radius 2 is 1.77 bits per heavy atom. The van der Waals surface area contributed by atoms with Gasteiger partial charge >= 0.3 is 0 Å². The Balaban J connectivity index is 1.35. The number of imidazole rings is 1. The van der Waals surface area contributed by atoms with Crippen LogP contribution in [0.1, 0.15) is 11.3 Å². The monoisotopic (exact) mass is 415 g/mol. The van der Waals surface area contributed by atoms with Gasteiger partial charge in [0.05, 0.1) is 11.6 Å². The molecule has 8 heteroatoms. The zero-order valence-electron chi connectivity index (χ0n) is 17.7. The zero-order valence-corrected chi connectivity index (χ0v) is 17.7. The normalized spacial score (nSPS) is 16.5. The fourth-order valence-electron chi connectivity index (χ4n) is 3.84. The summed E-state index contributed by atoms with van der Waals surface area (Å²) in [5, 5.41) is 23.6.